The van der Waals surface area contributed by atoms with E-state index in [0.717, 1.165) is 0 Å². The SMILES string of the molecule is CC(C)OC(=O)OCOC(=O)C1C2C(O)C(OCc3ccc(Cl)c(Cl)c3)C(N)(C(=O)OCOC(=O)OC(C)C)C12. The van der Waals surface area contributed by atoms with Gasteiger partial charge in [0.05, 0.1) is 40.9 Å². The molecular formula is C25H31Cl2NO12. The molecule has 0 aromatic heterocycles. The molecule has 2 aliphatic carbocycles. The molecule has 1 aromatic carbocycles. The van der Waals surface area contributed by atoms with Gasteiger partial charge >= 0.3 is 24.2 Å². The number of carbonyl (C=O) groups is 4. The van der Waals surface area contributed by atoms with Crippen molar-refractivity contribution < 1.29 is 57.4 Å². The first-order chi connectivity index (χ1) is 18.8. The van der Waals surface area contributed by atoms with Crippen molar-refractivity contribution in [1.82, 2.24) is 0 Å². The Morgan fingerprint density at radius 1 is 0.925 bits per heavy atom. The average Bonchev–Trinajstić information content (AvgIpc) is 3.56. The molecule has 0 amide bonds. The molecular weight excluding hydrogens is 577 g/mol. The van der Waals surface area contributed by atoms with Crippen molar-refractivity contribution in [3.8, 4) is 0 Å². The number of halogens is 2. The molecule has 1 aromatic rings. The van der Waals surface area contributed by atoms with E-state index >= 15 is 0 Å². The predicted molar refractivity (Wildman–Crippen MR) is 136 cm³/mol. The first-order valence-electron chi connectivity index (χ1n) is 12.3. The predicted octanol–water partition coefficient (Wildman–Crippen LogP) is 2.94. The third-order valence-electron chi connectivity index (χ3n) is 6.25. The second-order valence-electron chi connectivity index (χ2n) is 9.79. The van der Waals surface area contributed by atoms with Crippen LogP contribution in [0.25, 0.3) is 0 Å². The second-order valence-corrected chi connectivity index (χ2v) is 10.6. The molecule has 2 fully saturated rings. The molecule has 3 N–H and O–H groups in total. The van der Waals surface area contributed by atoms with Gasteiger partial charge in [0.2, 0.25) is 13.6 Å². The molecule has 13 nitrogen and oxygen atoms in total. The topological polar surface area (TPSA) is 179 Å². The number of hydrogen-bond acceptors (Lipinski definition) is 13. The quantitative estimate of drug-likeness (QED) is 0.213. The maximum Gasteiger partial charge on any atom is 0.511 e. The largest absolute Gasteiger partial charge is 0.511 e. The van der Waals surface area contributed by atoms with E-state index < -0.39 is 85.5 Å². The molecule has 6 atom stereocenters. The number of aliphatic hydroxyl groups is 1. The number of carbonyl (C=O) groups excluding carboxylic acids is 4. The molecule has 3 rings (SSSR count). The summed E-state index contributed by atoms with van der Waals surface area (Å²) in [5.74, 6) is -4.80. The van der Waals surface area contributed by atoms with Gasteiger partial charge in [0, 0.05) is 11.8 Å². The lowest BCUT2D eigenvalue weighted by Crippen LogP contribution is -2.62. The van der Waals surface area contributed by atoms with Gasteiger partial charge in [0.15, 0.2) is 0 Å². The van der Waals surface area contributed by atoms with Gasteiger partial charge < -0.3 is 44.0 Å². The highest BCUT2D eigenvalue weighted by Gasteiger charge is 2.79. The molecule has 15 heteroatoms. The number of nitrogens with two attached hydrogens (primary N) is 1. The van der Waals surface area contributed by atoms with Crippen LogP contribution in [0.3, 0.4) is 0 Å². The molecule has 0 radical (unpaired) electrons. The Labute approximate surface area is 240 Å². The number of rotatable bonds is 11. The normalized spacial score (nSPS) is 26.6. The van der Waals surface area contributed by atoms with Crippen molar-refractivity contribution in [3.05, 3.63) is 33.8 Å². The van der Waals surface area contributed by atoms with Crippen molar-refractivity contribution in [2.45, 2.75) is 64.3 Å². The molecule has 0 bridgehead atoms. The van der Waals surface area contributed by atoms with Crippen molar-refractivity contribution in [2.75, 3.05) is 13.6 Å². The highest BCUT2D eigenvalue weighted by atomic mass is 35.5. The summed E-state index contributed by atoms with van der Waals surface area (Å²) in [7, 11) is 0. The van der Waals surface area contributed by atoms with Gasteiger partial charge in [-0.3, -0.25) is 4.79 Å². The lowest BCUT2D eigenvalue weighted by Gasteiger charge is -2.34. The standard InChI is InChI=1S/C25H31Cl2NO12/c1-11(2)39-23(32)37-9-35-21(30)17-16-18(17)25(28,22(31)36-10-38-24(33)40-12(3)4)20(19(16)29)34-8-13-5-6-14(26)15(27)7-13/h5-7,11-12,16-20,29H,8-10,28H2,1-4H3. The molecule has 40 heavy (non-hydrogen) atoms. The van der Waals surface area contributed by atoms with Crippen LogP contribution >= 0.6 is 23.2 Å². The van der Waals surface area contributed by atoms with Gasteiger partial charge in [-0.2, -0.15) is 0 Å². The zero-order chi connectivity index (χ0) is 29.8. The Bertz CT molecular complexity index is 1120. The van der Waals surface area contributed by atoms with E-state index in [1.807, 2.05) is 0 Å². The molecule has 0 saturated heterocycles. The summed E-state index contributed by atoms with van der Waals surface area (Å²) in [6, 6.07) is 4.72. The maximum atomic E-state index is 13.2. The number of hydrogen-bond donors (Lipinski definition) is 2. The molecule has 6 unspecified atom stereocenters. The van der Waals surface area contributed by atoms with Crippen LogP contribution in [0.4, 0.5) is 9.59 Å². The molecule has 0 heterocycles. The zero-order valence-electron chi connectivity index (χ0n) is 22.2. The van der Waals surface area contributed by atoms with E-state index in [4.69, 9.17) is 57.4 Å². The van der Waals surface area contributed by atoms with Crippen LogP contribution < -0.4 is 5.73 Å². The van der Waals surface area contributed by atoms with Gasteiger partial charge in [-0.15, -0.1) is 0 Å². The van der Waals surface area contributed by atoms with Gasteiger partial charge in [0.1, 0.15) is 11.6 Å². The fourth-order valence-corrected chi connectivity index (χ4v) is 4.92. The van der Waals surface area contributed by atoms with Gasteiger partial charge in [0.25, 0.3) is 0 Å². The average molecular weight is 608 g/mol. The summed E-state index contributed by atoms with van der Waals surface area (Å²) in [5, 5.41) is 11.6. The summed E-state index contributed by atoms with van der Waals surface area (Å²) in [6.07, 6.45) is -5.74. The van der Waals surface area contributed by atoms with Crippen LogP contribution in [0.5, 0.6) is 0 Å². The van der Waals surface area contributed by atoms with Crippen molar-refractivity contribution in [3.63, 3.8) is 0 Å². The lowest BCUT2D eigenvalue weighted by molar-refractivity contribution is -0.173. The highest BCUT2D eigenvalue weighted by Crippen LogP contribution is 2.63. The van der Waals surface area contributed by atoms with Gasteiger partial charge in [-0.25, -0.2) is 14.4 Å². The minimum atomic E-state index is -2.05. The lowest BCUT2D eigenvalue weighted by atomic mass is 9.87. The number of ether oxygens (including phenoxy) is 7. The maximum absolute atomic E-state index is 13.2. The zero-order valence-corrected chi connectivity index (χ0v) is 23.7. The Hall–Kier alpha value is -2.84. The van der Waals surface area contributed by atoms with E-state index in [1.165, 1.54) is 0 Å². The summed E-state index contributed by atoms with van der Waals surface area (Å²) >= 11 is 12.0. The number of fused-ring (bicyclic) bond motifs is 1. The first kappa shape index (κ1) is 31.7. The van der Waals surface area contributed by atoms with E-state index in [2.05, 4.69) is 4.74 Å². The van der Waals surface area contributed by atoms with Crippen LogP contribution in [-0.4, -0.2) is 72.9 Å². The van der Waals surface area contributed by atoms with Crippen molar-refractivity contribution in [2.24, 2.45) is 23.5 Å². The molecule has 0 spiro atoms. The Morgan fingerprint density at radius 2 is 1.50 bits per heavy atom. The highest BCUT2D eigenvalue weighted by molar-refractivity contribution is 6.42. The van der Waals surface area contributed by atoms with Crippen LogP contribution in [0.1, 0.15) is 33.3 Å². The van der Waals surface area contributed by atoms with E-state index in [0.29, 0.717) is 10.6 Å². The van der Waals surface area contributed by atoms with E-state index in [-0.39, 0.29) is 11.6 Å². The second kappa shape index (κ2) is 13.2. The Balaban J connectivity index is 1.70. The van der Waals surface area contributed by atoms with Crippen LogP contribution in [0, 0.1) is 17.8 Å². The molecule has 222 valence electrons. The van der Waals surface area contributed by atoms with Gasteiger partial charge in [-0.1, -0.05) is 29.3 Å². The minimum absolute atomic E-state index is 0.123. The summed E-state index contributed by atoms with van der Waals surface area (Å²) in [5.41, 5.74) is 5.03. The summed E-state index contributed by atoms with van der Waals surface area (Å²) < 4.78 is 34.9. The monoisotopic (exact) mass is 607 g/mol. The first-order valence-corrected chi connectivity index (χ1v) is 13.1. The third-order valence-corrected chi connectivity index (χ3v) is 6.99. The van der Waals surface area contributed by atoms with E-state index in [9.17, 15) is 24.3 Å². The van der Waals surface area contributed by atoms with Crippen molar-refractivity contribution >= 4 is 47.5 Å². The van der Waals surface area contributed by atoms with Crippen LogP contribution in [0.2, 0.25) is 10.0 Å². The fraction of sp³-hybridized carbons (Fsp3) is 0.600. The molecule has 2 saturated carbocycles. The Kier molecular flexibility index (Phi) is 10.5. The third kappa shape index (κ3) is 7.26. The number of esters is 2. The van der Waals surface area contributed by atoms with Gasteiger partial charge in [-0.05, 0) is 45.4 Å². The molecule has 2 aliphatic rings. The van der Waals surface area contributed by atoms with Crippen molar-refractivity contribution in [1.29, 1.82) is 0 Å². The van der Waals surface area contributed by atoms with Crippen LogP contribution in [-0.2, 0) is 49.4 Å². The summed E-state index contributed by atoms with van der Waals surface area (Å²) in [6.45, 7) is 4.71. The van der Waals surface area contributed by atoms with Crippen LogP contribution in [0.15, 0.2) is 18.2 Å². The fourth-order valence-electron chi connectivity index (χ4n) is 4.60. The van der Waals surface area contributed by atoms with E-state index in [1.54, 1.807) is 45.9 Å². The smallest absolute Gasteiger partial charge is 0.431 e. The molecule has 0 aliphatic heterocycles. The number of aliphatic hydroxyl groups excluding tert-OH is 1. The number of benzene rings is 1. The Morgan fingerprint density at radius 3 is 2.05 bits per heavy atom. The minimum Gasteiger partial charge on any atom is -0.431 e. The summed E-state index contributed by atoms with van der Waals surface area (Å²) in [4.78, 5) is 49.0.